The second-order valence-corrected chi connectivity index (χ2v) is 7.68. The summed E-state index contributed by atoms with van der Waals surface area (Å²) in [6.07, 6.45) is 7.70. The summed E-state index contributed by atoms with van der Waals surface area (Å²) in [6, 6.07) is 4.56. The zero-order valence-corrected chi connectivity index (χ0v) is 16.7. The van der Waals surface area contributed by atoms with Crippen molar-refractivity contribution in [3.05, 3.63) is 42.6 Å². The molecule has 7 heteroatoms. The number of fused-ring (bicyclic) bond motifs is 1. The standard InChI is InChI=1S/C21H26N6O/c1-15(2)26-4-6-27(7-5-26)21(28)10-19-8-16-9-20(18-13-24-25(3)14-18)23-12-17(16)11-22-19/h8-9,11-15H,4-7,10H2,1-3H3. The molecular weight excluding hydrogens is 352 g/mol. The molecule has 0 aromatic carbocycles. The number of rotatable bonds is 4. The maximum absolute atomic E-state index is 12.7. The van der Waals surface area contributed by atoms with Crippen LogP contribution in [-0.4, -0.2) is 67.7 Å². The lowest BCUT2D eigenvalue weighted by Gasteiger charge is -2.36. The second kappa shape index (κ2) is 7.67. The first-order chi connectivity index (χ1) is 13.5. The maximum atomic E-state index is 12.7. The highest BCUT2D eigenvalue weighted by Crippen LogP contribution is 2.22. The molecule has 4 heterocycles. The molecule has 1 aliphatic rings. The van der Waals surface area contributed by atoms with Crippen LogP contribution in [0.15, 0.2) is 36.9 Å². The van der Waals surface area contributed by atoms with Crippen LogP contribution in [0.1, 0.15) is 19.5 Å². The van der Waals surface area contributed by atoms with Gasteiger partial charge in [-0.1, -0.05) is 0 Å². The Morgan fingerprint density at radius 1 is 1.04 bits per heavy atom. The Balaban J connectivity index is 1.49. The molecule has 3 aromatic rings. The number of carbonyl (C=O) groups is 1. The summed E-state index contributed by atoms with van der Waals surface area (Å²) in [5.74, 6) is 0.150. The molecule has 0 atom stereocenters. The number of aryl methyl sites for hydroxylation is 1. The molecule has 0 radical (unpaired) electrons. The molecular formula is C21H26N6O. The smallest absolute Gasteiger partial charge is 0.228 e. The van der Waals surface area contributed by atoms with E-state index in [0.29, 0.717) is 12.5 Å². The van der Waals surface area contributed by atoms with Gasteiger partial charge in [-0.25, -0.2) is 0 Å². The Hall–Kier alpha value is -2.80. The Bertz CT molecular complexity index is 987. The molecule has 0 spiro atoms. The molecule has 3 aromatic heterocycles. The molecule has 0 aliphatic carbocycles. The molecule has 28 heavy (non-hydrogen) atoms. The number of hydrogen-bond donors (Lipinski definition) is 0. The molecule has 1 saturated heterocycles. The van der Waals surface area contributed by atoms with Gasteiger partial charge in [0.05, 0.1) is 24.0 Å². The lowest BCUT2D eigenvalue weighted by atomic mass is 10.1. The van der Waals surface area contributed by atoms with Crippen molar-refractivity contribution < 1.29 is 4.79 Å². The number of nitrogens with zero attached hydrogens (tertiary/aromatic N) is 6. The van der Waals surface area contributed by atoms with Crippen molar-refractivity contribution in [1.29, 1.82) is 0 Å². The normalized spacial score (nSPS) is 15.5. The van der Waals surface area contributed by atoms with Gasteiger partial charge in [0.1, 0.15) is 0 Å². The van der Waals surface area contributed by atoms with E-state index < -0.39 is 0 Å². The van der Waals surface area contributed by atoms with E-state index in [2.05, 4.69) is 33.8 Å². The third-order valence-corrected chi connectivity index (χ3v) is 5.39. The minimum Gasteiger partial charge on any atom is -0.340 e. The summed E-state index contributed by atoms with van der Waals surface area (Å²) in [7, 11) is 1.89. The highest BCUT2D eigenvalue weighted by atomic mass is 16.2. The maximum Gasteiger partial charge on any atom is 0.228 e. The van der Waals surface area contributed by atoms with E-state index >= 15 is 0 Å². The fourth-order valence-electron chi connectivity index (χ4n) is 3.65. The molecule has 4 rings (SSSR count). The van der Waals surface area contributed by atoms with Crippen LogP contribution in [0.5, 0.6) is 0 Å². The van der Waals surface area contributed by atoms with E-state index in [9.17, 15) is 4.79 Å². The molecule has 1 amide bonds. The molecule has 146 valence electrons. The van der Waals surface area contributed by atoms with Crippen LogP contribution >= 0.6 is 0 Å². The van der Waals surface area contributed by atoms with Gasteiger partial charge in [0.15, 0.2) is 0 Å². The lowest BCUT2D eigenvalue weighted by molar-refractivity contribution is -0.132. The first-order valence-corrected chi connectivity index (χ1v) is 9.75. The van der Waals surface area contributed by atoms with Gasteiger partial charge >= 0.3 is 0 Å². The number of piperazine rings is 1. The van der Waals surface area contributed by atoms with Gasteiger partial charge in [0, 0.05) is 68.8 Å². The van der Waals surface area contributed by atoms with Gasteiger partial charge in [-0.15, -0.1) is 0 Å². The minimum absolute atomic E-state index is 0.150. The van der Waals surface area contributed by atoms with Crippen LogP contribution in [0.4, 0.5) is 0 Å². The van der Waals surface area contributed by atoms with Crippen LogP contribution in [-0.2, 0) is 18.3 Å². The van der Waals surface area contributed by atoms with E-state index in [-0.39, 0.29) is 5.91 Å². The van der Waals surface area contributed by atoms with Crippen molar-refractivity contribution in [2.75, 3.05) is 26.2 Å². The Labute approximate surface area is 165 Å². The van der Waals surface area contributed by atoms with Crippen molar-refractivity contribution in [3.8, 4) is 11.3 Å². The molecule has 1 aliphatic heterocycles. The fourth-order valence-corrected chi connectivity index (χ4v) is 3.65. The van der Waals surface area contributed by atoms with Crippen molar-refractivity contribution in [1.82, 2.24) is 29.5 Å². The van der Waals surface area contributed by atoms with E-state index in [1.807, 2.05) is 36.5 Å². The monoisotopic (exact) mass is 378 g/mol. The van der Waals surface area contributed by atoms with Gasteiger partial charge < -0.3 is 4.90 Å². The second-order valence-electron chi connectivity index (χ2n) is 7.68. The number of amides is 1. The number of carbonyl (C=O) groups excluding carboxylic acids is 1. The molecule has 7 nitrogen and oxygen atoms in total. The number of hydrogen-bond acceptors (Lipinski definition) is 5. The average Bonchev–Trinajstić information content (AvgIpc) is 3.14. The first kappa shape index (κ1) is 18.6. The number of pyridine rings is 2. The van der Waals surface area contributed by atoms with Gasteiger partial charge in [0.2, 0.25) is 5.91 Å². The first-order valence-electron chi connectivity index (χ1n) is 9.75. The lowest BCUT2D eigenvalue weighted by Crippen LogP contribution is -2.51. The Morgan fingerprint density at radius 2 is 1.79 bits per heavy atom. The van der Waals surface area contributed by atoms with E-state index in [1.165, 1.54) is 0 Å². The van der Waals surface area contributed by atoms with Crippen LogP contribution in [0, 0.1) is 0 Å². The molecule has 0 bridgehead atoms. The summed E-state index contributed by atoms with van der Waals surface area (Å²) in [6.45, 7) is 7.86. The summed E-state index contributed by atoms with van der Waals surface area (Å²) in [4.78, 5) is 26.1. The van der Waals surface area contributed by atoms with Crippen LogP contribution < -0.4 is 0 Å². The summed E-state index contributed by atoms with van der Waals surface area (Å²) >= 11 is 0. The van der Waals surface area contributed by atoms with Gasteiger partial charge in [0.25, 0.3) is 0 Å². The summed E-state index contributed by atoms with van der Waals surface area (Å²) < 4.78 is 1.76. The van der Waals surface area contributed by atoms with E-state index in [0.717, 1.165) is 53.9 Å². The van der Waals surface area contributed by atoms with E-state index in [4.69, 9.17) is 0 Å². The quantitative estimate of drug-likeness (QED) is 0.696. The Morgan fingerprint density at radius 3 is 2.46 bits per heavy atom. The van der Waals surface area contributed by atoms with Gasteiger partial charge in [-0.2, -0.15) is 5.10 Å². The van der Waals surface area contributed by atoms with Crippen molar-refractivity contribution in [2.45, 2.75) is 26.3 Å². The number of aromatic nitrogens is 4. The largest absolute Gasteiger partial charge is 0.340 e. The molecule has 0 unspecified atom stereocenters. The van der Waals surface area contributed by atoms with Crippen LogP contribution in [0.25, 0.3) is 22.0 Å². The highest BCUT2D eigenvalue weighted by molar-refractivity contribution is 5.86. The summed E-state index contributed by atoms with van der Waals surface area (Å²) in [5, 5.41) is 6.21. The van der Waals surface area contributed by atoms with Crippen LogP contribution in [0.3, 0.4) is 0 Å². The topological polar surface area (TPSA) is 67.2 Å². The predicted molar refractivity (Wildman–Crippen MR) is 109 cm³/mol. The van der Waals surface area contributed by atoms with E-state index in [1.54, 1.807) is 17.1 Å². The van der Waals surface area contributed by atoms with Gasteiger partial charge in [-0.3, -0.25) is 24.3 Å². The van der Waals surface area contributed by atoms with Gasteiger partial charge in [-0.05, 0) is 31.4 Å². The molecule has 0 N–H and O–H groups in total. The Kier molecular flexibility index (Phi) is 5.09. The molecule has 1 fully saturated rings. The SMILES string of the molecule is CC(C)N1CCN(C(=O)Cc2cc3cc(-c4cnn(C)c4)ncc3cn2)CC1. The predicted octanol–water partition coefficient (Wildman–Crippen LogP) is 2.13. The summed E-state index contributed by atoms with van der Waals surface area (Å²) in [5.41, 5.74) is 2.64. The van der Waals surface area contributed by atoms with Crippen molar-refractivity contribution in [3.63, 3.8) is 0 Å². The van der Waals surface area contributed by atoms with Crippen molar-refractivity contribution in [2.24, 2.45) is 7.05 Å². The van der Waals surface area contributed by atoms with Crippen molar-refractivity contribution >= 4 is 16.7 Å². The average molecular weight is 378 g/mol. The molecule has 0 saturated carbocycles. The minimum atomic E-state index is 0.150. The zero-order chi connectivity index (χ0) is 19.7. The van der Waals surface area contributed by atoms with Crippen LogP contribution in [0.2, 0.25) is 0 Å². The fraction of sp³-hybridized carbons (Fsp3) is 0.429. The third kappa shape index (κ3) is 3.89. The zero-order valence-electron chi connectivity index (χ0n) is 16.7. The highest BCUT2D eigenvalue weighted by Gasteiger charge is 2.22. The third-order valence-electron chi connectivity index (χ3n) is 5.39.